The van der Waals surface area contributed by atoms with E-state index >= 15 is 0 Å². The van der Waals surface area contributed by atoms with E-state index < -0.39 is 0 Å². The van der Waals surface area contributed by atoms with Crippen LogP contribution in [0.15, 0.2) is 35.7 Å². The summed E-state index contributed by atoms with van der Waals surface area (Å²) in [5.74, 6) is 0.0714. The van der Waals surface area contributed by atoms with Gasteiger partial charge in [-0.1, -0.05) is 30.3 Å². The highest BCUT2D eigenvalue weighted by molar-refractivity contribution is 7.09. The van der Waals surface area contributed by atoms with E-state index in [2.05, 4.69) is 34.7 Å². The Morgan fingerprint density at radius 1 is 1.39 bits per heavy atom. The van der Waals surface area contributed by atoms with Crippen LogP contribution in [-0.4, -0.2) is 29.5 Å². The molecular weight excluding hydrogens is 306 g/mol. The van der Waals surface area contributed by atoms with Gasteiger partial charge in [-0.2, -0.15) is 0 Å². The van der Waals surface area contributed by atoms with Gasteiger partial charge in [-0.25, -0.2) is 4.98 Å². The lowest BCUT2D eigenvalue weighted by Crippen LogP contribution is -2.52. The molecule has 3 rings (SSSR count). The van der Waals surface area contributed by atoms with Crippen molar-refractivity contribution in [1.29, 1.82) is 0 Å². The van der Waals surface area contributed by atoms with Gasteiger partial charge in [0.25, 0.3) is 0 Å². The molecular formula is C18H23N3OS. The molecule has 2 unspecified atom stereocenters. The molecule has 0 bridgehead atoms. The number of hydrogen-bond donors (Lipinski definition) is 2. The van der Waals surface area contributed by atoms with Crippen LogP contribution in [0.2, 0.25) is 0 Å². The summed E-state index contributed by atoms with van der Waals surface area (Å²) in [5.41, 5.74) is 2.12. The summed E-state index contributed by atoms with van der Waals surface area (Å²) in [5, 5.41) is 9.61. The Hall–Kier alpha value is -1.72. The van der Waals surface area contributed by atoms with Crippen molar-refractivity contribution in [3.63, 3.8) is 0 Å². The largest absolute Gasteiger partial charge is 0.351 e. The normalized spacial score (nSPS) is 21.1. The van der Waals surface area contributed by atoms with Crippen LogP contribution in [0.25, 0.3) is 0 Å². The number of benzene rings is 1. The Labute approximate surface area is 141 Å². The quantitative estimate of drug-likeness (QED) is 0.886. The minimum absolute atomic E-state index is 0.0714. The molecule has 2 N–H and O–H groups in total. The van der Waals surface area contributed by atoms with E-state index in [1.54, 1.807) is 11.3 Å². The Morgan fingerprint density at radius 2 is 2.22 bits per heavy atom. The number of thiazole rings is 1. The zero-order valence-corrected chi connectivity index (χ0v) is 14.2. The highest BCUT2D eigenvalue weighted by Gasteiger charge is 2.22. The minimum Gasteiger partial charge on any atom is -0.351 e. The number of carbonyl (C=O) groups excluding carboxylic acids is 1. The van der Waals surface area contributed by atoms with Gasteiger partial charge in [0, 0.05) is 23.9 Å². The maximum absolute atomic E-state index is 12.2. The second-order valence-electron chi connectivity index (χ2n) is 6.13. The van der Waals surface area contributed by atoms with E-state index in [0.717, 1.165) is 36.5 Å². The van der Waals surface area contributed by atoms with Gasteiger partial charge in [0.1, 0.15) is 0 Å². The molecule has 1 aromatic carbocycles. The predicted molar refractivity (Wildman–Crippen MR) is 93.7 cm³/mol. The van der Waals surface area contributed by atoms with Gasteiger partial charge >= 0.3 is 0 Å². The highest BCUT2D eigenvalue weighted by Crippen LogP contribution is 2.15. The van der Waals surface area contributed by atoms with E-state index in [0.29, 0.717) is 12.5 Å². The molecule has 2 aromatic rings. The molecule has 1 aliphatic rings. The Bertz CT molecular complexity index is 641. The molecule has 1 fully saturated rings. The second kappa shape index (κ2) is 7.70. The number of aromatic nitrogens is 1. The summed E-state index contributed by atoms with van der Waals surface area (Å²) in [6.07, 6.45) is 3.37. The maximum Gasteiger partial charge on any atom is 0.226 e. The van der Waals surface area contributed by atoms with E-state index in [9.17, 15) is 4.79 Å². The van der Waals surface area contributed by atoms with Crippen molar-refractivity contribution in [2.45, 2.75) is 44.7 Å². The van der Waals surface area contributed by atoms with Crippen LogP contribution in [0.4, 0.5) is 0 Å². The SMILES string of the molecule is CC1NCCCC1NC(=O)Cc1csc(Cc2ccccc2)n1. The molecule has 2 atom stereocenters. The third-order valence-corrected chi connectivity index (χ3v) is 5.14. The Morgan fingerprint density at radius 3 is 3.00 bits per heavy atom. The monoisotopic (exact) mass is 329 g/mol. The molecule has 0 spiro atoms. The van der Waals surface area contributed by atoms with Crippen molar-refractivity contribution in [2.24, 2.45) is 0 Å². The zero-order chi connectivity index (χ0) is 16.1. The first kappa shape index (κ1) is 16.1. The minimum atomic E-state index is 0.0714. The number of nitrogens with one attached hydrogen (secondary N) is 2. The first-order valence-corrected chi connectivity index (χ1v) is 9.08. The topological polar surface area (TPSA) is 54.0 Å². The first-order valence-electron chi connectivity index (χ1n) is 8.20. The standard InChI is InChI=1S/C18H23N3OS/c1-13-16(8-5-9-19-13)21-17(22)11-15-12-23-18(20-15)10-14-6-3-2-4-7-14/h2-4,6-7,12-13,16,19H,5,8-11H2,1H3,(H,21,22). The fourth-order valence-electron chi connectivity index (χ4n) is 2.95. The number of nitrogens with zero attached hydrogens (tertiary/aromatic N) is 1. The summed E-state index contributed by atoms with van der Waals surface area (Å²) in [6, 6.07) is 10.9. The number of hydrogen-bond acceptors (Lipinski definition) is 4. The number of carbonyl (C=O) groups is 1. The molecule has 1 amide bonds. The summed E-state index contributed by atoms with van der Waals surface area (Å²) in [7, 11) is 0. The molecule has 5 heteroatoms. The molecule has 23 heavy (non-hydrogen) atoms. The van der Waals surface area contributed by atoms with Crippen molar-refractivity contribution >= 4 is 17.2 Å². The van der Waals surface area contributed by atoms with Crippen molar-refractivity contribution < 1.29 is 4.79 Å². The molecule has 1 aromatic heterocycles. The van der Waals surface area contributed by atoms with Crippen LogP contribution in [0.5, 0.6) is 0 Å². The summed E-state index contributed by atoms with van der Waals surface area (Å²) < 4.78 is 0. The van der Waals surface area contributed by atoms with Crippen LogP contribution >= 0.6 is 11.3 Å². The fraction of sp³-hybridized carbons (Fsp3) is 0.444. The van der Waals surface area contributed by atoms with Gasteiger partial charge in [0.15, 0.2) is 0 Å². The second-order valence-corrected chi connectivity index (χ2v) is 7.07. The molecule has 0 saturated carbocycles. The lowest BCUT2D eigenvalue weighted by atomic mass is 10.00. The molecule has 0 radical (unpaired) electrons. The van der Waals surface area contributed by atoms with Crippen molar-refractivity contribution in [1.82, 2.24) is 15.6 Å². The zero-order valence-electron chi connectivity index (χ0n) is 13.4. The third-order valence-electron chi connectivity index (χ3n) is 4.25. The maximum atomic E-state index is 12.2. The van der Waals surface area contributed by atoms with E-state index in [1.165, 1.54) is 5.56 Å². The molecule has 1 aliphatic heterocycles. The molecule has 122 valence electrons. The van der Waals surface area contributed by atoms with Crippen LogP contribution in [0.1, 0.15) is 36.0 Å². The van der Waals surface area contributed by atoms with Crippen LogP contribution in [-0.2, 0) is 17.6 Å². The molecule has 2 heterocycles. The van der Waals surface area contributed by atoms with Crippen molar-refractivity contribution in [3.05, 3.63) is 52.0 Å². The fourth-order valence-corrected chi connectivity index (χ4v) is 3.77. The average molecular weight is 329 g/mol. The third kappa shape index (κ3) is 4.62. The van der Waals surface area contributed by atoms with Crippen molar-refractivity contribution in [2.75, 3.05) is 6.54 Å². The Kier molecular flexibility index (Phi) is 5.41. The number of amides is 1. The lowest BCUT2D eigenvalue weighted by Gasteiger charge is -2.30. The molecule has 0 aliphatic carbocycles. The van der Waals surface area contributed by atoms with Gasteiger partial charge in [-0.3, -0.25) is 4.79 Å². The van der Waals surface area contributed by atoms with Crippen molar-refractivity contribution in [3.8, 4) is 0 Å². The van der Waals surface area contributed by atoms with Gasteiger partial charge in [0.05, 0.1) is 17.1 Å². The first-order chi connectivity index (χ1) is 11.2. The van der Waals surface area contributed by atoms with E-state index in [-0.39, 0.29) is 11.9 Å². The molecule has 1 saturated heterocycles. The van der Waals surface area contributed by atoms with E-state index in [1.807, 2.05) is 23.6 Å². The summed E-state index contributed by atoms with van der Waals surface area (Å²) >= 11 is 1.63. The van der Waals surface area contributed by atoms with Crippen LogP contribution < -0.4 is 10.6 Å². The average Bonchev–Trinajstić information content (AvgIpc) is 2.97. The van der Waals surface area contributed by atoms with Crippen LogP contribution in [0, 0.1) is 0 Å². The highest BCUT2D eigenvalue weighted by atomic mass is 32.1. The van der Waals surface area contributed by atoms with Gasteiger partial charge in [-0.05, 0) is 31.9 Å². The van der Waals surface area contributed by atoms with Gasteiger partial charge < -0.3 is 10.6 Å². The summed E-state index contributed by atoms with van der Waals surface area (Å²) in [4.78, 5) is 16.8. The smallest absolute Gasteiger partial charge is 0.226 e. The van der Waals surface area contributed by atoms with Crippen LogP contribution in [0.3, 0.4) is 0 Å². The van der Waals surface area contributed by atoms with E-state index in [4.69, 9.17) is 0 Å². The number of rotatable bonds is 5. The molecule has 4 nitrogen and oxygen atoms in total. The lowest BCUT2D eigenvalue weighted by molar-refractivity contribution is -0.121. The van der Waals surface area contributed by atoms with Gasteiger partial charge in [-0.15, -0.1) is 11.3 Å². The number of piperidine rings is 1. The predicted octanol–water partition coefficient (Wildman–Crippen LogP) is 2.53. The summed E-state index contributed by atoms with van der Waals surface area (Å²) in [6.45, 7) is 3.17. The Balaban J connectivity index is 1.53. The van der Waals surface area contributed by atoms with Gasteiger partial charge in [0.2, 0.25) is 5.91 Å².